The molecule has 0 radical (unpaired) electrons. The van der Waals surface area contributed by atoms with Crippen molar-refractivity contribution < 1.29 is 28.6 Å². The molecule has 1 amide bonds. The summed E-state index contributed by atoms with van der Waals surface area (Å²) < 4.78 is 23.4. The first-order valence-corrected chi connectivity index (χ1v) is 6.39. The summed E-state index contributed by atoms with van der Waals surface area (Å²) in [7, 11) is 1.44. The van der Waals surface area contributed by atoms with Crippen LogP contribution in [0.15, 0.2) is 24.3 Å². The number of hydrogen-bond donors (Lipinski definition) is 2. The first-order valence-electron chi connectivity index (χ1n) is 6.39. The van der Waals surface area contributed by atoms with Crippen molar-refractivity contribution in [2.45, 2.75) is 25.5 Å². The molecule has 21 heavy (non-hydrogen) atoms. The summed E-state index contributed by atoms with van der Waals surface area (Å²) in [5.74, 6) is -2.46. The van der Waals surface area contributed by atoms with E-state index in [1.54, 1.807) is 6.07 Å². The van der Waals surface area contributed by atoms with Crippen molar-refractivity contribution in [3.63, 3.8) is 0 Å². The third kappa shape index (κ3) is 5.39. The van der Waals surface area contributed by atoms with Crippen LogP contribution in [0.1, 0.15) is 13.3 Å². The molecular weight excluding hydrogens is 281 g/mol. The Bertz CT molecular complexity index is 494. The maximum absolute atomic E-state index is 13.4. The number of carbonyl (C=O) groups excluding carboxylic acids is 1. The number of halogens is 1. The number of amides is 1. The van der Waals surface area contributed by atoms with Crippen LogP contribution in [0, 0.1) is 5.82 Å². The number of rotatable bonds is 8. The number of carbonyl (C=O) groups is 2. The minimum absolute atomic E-state index is 0.0658. The molecule has 0 spiro atoms. The van der Waals surface area contributed by atoms with Crippen LogP contribution >= 0.6 is 0 Å². The number of nitrogens with one attached hydrogen (secondary N) is 1. The van der Waals surface area contributed by atoms with E-state index >= 15 is 0 Å². The van der Waals surface area contributed by atoms with Crippen molar-refractivity contribution >= 4 is 11.9 Å². The molecule has 0 aliphatic heterocycles. The molecule has 7 heteroatoms. The Labute approximate surface area is 121 Å². The standard InChI is InChI=1S/C14H18FNO5/c1-9(21-12-6-4-3-5-10(12)15)13(17)16-11(14(18)19)7-8-20-2/h3-6,9,11H,7-8H2,1-2H3,(H,16,17)(H,18,19). The summed E-state index contributed by atoms with van der Waals surface area (Å²) in [5, 5.41) is 11.3. The van der Waals surface area contributed by atoms with E-state index in [2.05, 4.69) is 5.32 Å². The second-order valence-corrected chi connectivity index (χ2v) is 4.37. The summed E-state index contributed by atoms with van der Waals surface area (Å²) in [6, 6.07) is 4.58. The summed E-state index contributed by atoms with van der Waals surface area (Å²) in [6.45, 7) is 1.61. The quantitative estimate of drug-likeness (QED) is 0.753. The van der Waals surface area contributed by atoms with Crippen LogP contribution in [-0.2, 0) is 14.3 Å². The zero-order valence-corrected chi connectivity index (χ0v) is 11.8. The molecule has 1 rings (SSSR count). The Morgan fingerprint density at radius 3 is 2.62 bits per heavy atom. The average molecular weight is 299 g/mol. The molecule has 0 aliphatic rings. The van der Waals surface area contributed by atoms with E-state index in [0.29, 0.717) is 0 Å². The summed E-state index contributed by atoms with van der Waals surface area (Å²) in [5.41, 5.74) is 0. The minimum Gasteiger partial charge on any atom is -0.480 e. The Morgan fingerprint density at radius 2 is 2.05 bits per heavy atom. The molecule has 0 saturated carbocycles. The highest BCUT2D eigenvalue weighted by Gasteiger charge is 2.24. The van der Waals surface area contributed by atoms with Gasteiger partial charge in [0.2, 0.25) is 0 Å². The lowest BCUT2D eigenvalue weighted by molar-refractivity contribution is -0.143. The third-order valence-corrected chi connectivity index (χ3v) is 2.73. The topological polar surface area (TPSA) is 84.9 Å². The number of aliphatic carboxylic acids is 1. The van der Waals surface area contributed by atoms with Crippen LogP contribution in [-0.4, -0.2) is 42.8 Å². The van der Waals surface area contributed by atoms with Crippen molar-refractivity contribution in [2.24, 2.45) is 0 Å². The highest BCUT2D eigenvalue weighted by molar-refractivity contribution is 5.86. The first kappa shape index (κ1) is 16.9. The summed E-state index contributed by atoms with van der Waals surface area (Å²) in [4.78, 5) is 22.9. The molecule has 0 saturated heterocycles. The number of carboxylic acids is 1. The molecule has 2 N–H and O–H groups in total. The predicted molar refractivity (Wildman–Crippen MR) is 72.5 cm³/mol. The molecule has 1 aromatic rings. The number of hydrogen-bond acceptors (Lipinski definition) is 4. The van der Waals surface area contributed by atoms with Crippen LogP contribution in [0.5, 0.6) is 5.75 Å². The lowest BCUT2D eigenvalue weighted by atomic mass is 10.2. The average Bonchev–Trinajstić information content (AvgIpc) is 2.45. The van der Waals surface area contributed by atoms with E-state index in [4.69, 9.17) is 14.6 Å². The molecule has 0 heterocycles. The second kappa shape index (κ2) is 8.21. The van der Waals surface area contributed by atoms with Crippen molar-refractivity contribution in [3.05, 3.63) is 30.1 Å². The van der Waals surface area contributed by atoms with Gasteiger partial charge in [0, 0.05) is 20.1 Å². The van der Waals surface area contributed by atoms with Gasteiger partial charge in [0.25, 0.3) is 5.91 Å². The fourth-order valence-corrected chi connectivity index (χ4v) is 1.57. The molecule has 0 bridgehead atoms. The van der Waals surface area contributed by atoms with Gasteiger partial charge in [-0.1, -0.05) is 12.1 Å². The SMILES string of the molecule is COCCC(NC(=O)C(C)Oc1ccccc1F)C(=O)O. The minimum atomic E-state index is -1.17. The van der Waals surface area contributed by atoms with E-state index in [-0.39, 0.29) is 18.8 Å². The molecule has 116 valence electrons. The van der Waals surface area contributed by atoms with Gasteiger partial charge in [-0.05, 0) is 19.1 Å². The van der Waals surface area contributed by atoms with Crippen molar-refractivity contribution in [3.8, 4) is 5.75 Å². The molecule has 2 atom stereocenters. The molecule has 0 aliphatic carbocycles. The van der Waals surface area contributed by atoms with Gasteiger partial charge in [0.1, 0.15) is 6.04 Å². The smallest absolute Gasteiger partial charge is 0.326 e. The Hall–Kier alpha value is -2.15. The van der Waals surface area contributed by atoms with Crippen molar-refractivity contribution in [1.29, 1.82) is 0 Å². The lowest BCUT2D eigenvalue weighted by Gasteiger charge is -2.18. The van der Waals surface area contributed by atoms with Crippen LogP contribution in [0.2, 0.25) is 0 Å². The van der Waals surface area contributed by atoms with E-state index in [9.17, 15) is 14.0 Å². The number of ether oxygens (including phenoxy) is 2. The van der Waals surface area contributed by atoms with Gasteiger partial charge in [-0.25, -0.2) is 9.18 Å². The lowest BCUT2D eigenvalue weighted by Crippen LogP contribution is -2.46. The van der Waals surface area contributed by atoms with E-state index in [1.165, 1.54) is 32.2 Å². The fourth-order valence-electron chi connectivity index (χ4n) is 1.57. The van der Waals surface area contributed by atoms with Gasteiger partial charge in [0.15, 0.2) is 17.7 Å². The van der Waals surface area contributed by atoms with Crippen LogP contribution < -0.4 is 10.1 Å². The van der Waals surface area contributed by atoms with Crippen LogP contribution in [0.4, 0.5) is 4.39 Å². The second-order valence-electron chi connectivity index (χ2n) is 4.37. The monoisotopic (exact) mass is 299 g/mol. The van der Waals surface area contributed by atoms with Crippen molar-refractivity contribution in [1.82, 2.24) is 5.32 Å². The molecule has 6 nitrogen and oxygen atoms in total. The van der Waals surface area contributed by atoms with Gasteiger partial charge in [-0.2, -0.15) is 0 Å². The third-order valence-electron chi connectivity index (χ3n) is 2.73. The van der Waals surface area contributed by atoms with Gasteiger partial charge >= 0.3 is 5.97 Å². The molecule has 1 aromatic carbocycles. The maximum Gasteiger partial charge on any atom is 0.326 e. The molecule has 2 unspecified atom stereocenters. The fraction of sp³-hybridized carbons (Fsp3) is 0.429. The molecule has 0 aromatic heterocycles. The first-order chi connectivity index (χ1) is 9.95. The number of para-hydroxylation sites is 1. The summed E-state index contributed by atoms with van der Waals surface area (Å²) in [6.07, 6.45) is -0.893. The predicted octanol–water partition coefficient (Wildman–Crippen LogP) is 1.20. The Morgan fingerprint density at radius 1 is 1.38 bits per heavy atom. The highest BCUT2D eigenvalue weighted by Crippen LogP contribution is 2.17. The van der Waals surface area contributed by atoms with Gasteiger partial charge in [0.05, 0.1) is 0 Å². The van der Waals surface area contributed by atoms with E-state index in [0.717, 1.165) is 0 Å². The van der Waals surface area contributed by atoms with Crippen LogP contribution in [0.3, 0.4) is 0 Å². The highest BCUT2D eigenvalue weighted by atomic mass is 19.1. The Balaban J connectivity index is 2.61. The normalized spacial score (nSPS) is 13.3. The molecule has 0 fully saturated rings. The number of methoxy groups -OCH3 is 1. The molecular formula is C14H18FNO5. The zero-order chi connectivity index (χ0) is 15.8. The summed E-state index contributed by atoms with van der Waals surface area (Å²) >= 11 is 0. The largest absolute Gasteiger partial charge is 0.480 e. The number of carboxylic acid groups (broad SMARTS) is 1. The van der Waals surface area contributed by atoms with E-state index in [1.807, 2.05) is 0 Å². The Kier molecular flexibility index (Phi) is 6.61. The maximum atomic E-state index is 13.4. The van der Waals surface area contributed by atoms with Gasteiger partial charge < -0.3 is 19.9 Å². The van der Waals surface area contributed by atoms with Crippen LogP contribution in [0.25, 0.3) is 0 Å². The van der Waals surface area contributed by atoms with Crippen molar-refractivity contribution in [2.75, 3.05) is 13.7 Å². The zero-order valence-electron chi connectivity index (χ0n) is 11.8. The number of benzene rings is 1. The van der Waals surface area contributed by atoms with Gasteiger partial charge in [-0.15, -0.1) is 0 Å². The van der Waals surface area contributed by atoms with Gasteiger partial charge in [-0.3, -0.25) is 4.79 Å². The van der Waals surface area contributed by atoms with E-state index < -0.39 is 29.8 Å².